The molecular formula is C24H22FN5OS. The van der Waals surface area contributed by atoms with E-state index in [0.29, 0.717) is 5.25 Å². The largest absolute Gasteiger partial charge is 0.379 e. The molecule has 0 spiro atoms. The highest BCUT2D eigenvalue weighted by molar-refractivity contribution is 8.00. The van der Waals surface area contributed by atoms with Gasteiger partial charge >= 0.3 is 0 Å². The van der Waals surface area contributed by atoms with E-state index in [1.165, 1.54) is 12.1 Å². The number of nitrogens with one attached hydrogen (secondary N) is 1. The summed E-state index contributed by atoms with van der Waals surface area (Å²) in [6.07, 6.45) is 1.58. The Hall–Kier alpha value is -3.10. The van der Waals surface area contributed by atoms with E-state index in [-0.39, 0.29) is 11.9 Å². The van der Waals surface area contributed by atoms with Crippen molar-refractivity contribution in [3.05, 3.63) is 72.1 Å². The summed E-state index contributed by atoms with van der Waals surface area (Å²) in [5.74, 6) is 0.468. The summed E-state index contributed by atoms with van der Waals surface area (Å²) in [7, 11) is 0. The van der Waals surface area contributed by atoms with Crippen molar-refractivity contribution in [2.24, 2.45) is 0 Å². The van der Waals surface area contributed by atoms with Crippen LogP contribution in [-0.4, -0.2) is 38.6 Å². The molecule has 0 amide bonds. The van der Waals surface area contributed by atoms with Crippen molar-refractivity contribution in [2.75, 3.05) is 18.5 Å². The number of aromatic nitrogens is 4. The highest BCUT2D eigenvalue weighted by Gasteiger charge is 2.22. The third-order valence-corrected chi connectivity index (χ3v) is 6.57. The van der Waals surface area contributed by atoms with Crippen LogP contribution in [0.15, 0.2) is 59.8 Å². The van der Waals surface area contributed by atoms with Crippen LogP contribution in [-0.2, 0) is 4.74 Å². The summed E-state index contributed by atoms with van der Waals surface area (Å²) < 4.78 is 18.9. The topological polar surface area (TPSA) is 72.8 Å². The number of nitrogens with zero attached hydrogens (tertiary/aromatic N) is 4. The van der Waals surface area contributed by atoms with Gasteiger partial charge in [-0.2, -0.15) is 10.2 Å². The van der Waals surface area contributed by atoms with E-state index in [9.17, 15) is 4.39 Å². The Bertz CT molecular complexity index is 1250. The molecule has 162 valence electrons. The number of ether oxygens (including phenoxy) is 1. The van der Waals surface area contributed by atoms with Crippen molar-refractivity contribution in [2.45, 2.75) is 30.0 Å². The predicted octanol–water partition coefficient (Wildman–Crippen LogP) is 5.20. The Morgan fingerprint density at radius 2 is 1.84 bits per heavy atom. The number of fused-ring (bicyclic) bond motifs is 1. The first-order valence-corrected chi connectivity index (χ1v) is 11.3. The minimum absolute atomic E-state index is 0.0909. The molecule has 0 aliphatic carbocycles. The number of aryl methyl sites for hydroxylation is 1. The van der Waals surface area contributed by atoms with Crippen LogP contribution in [0.3, 0.4) is 0 Å². The van der Waals surface area contributed by atoms with Gasteiger partial charge < -0.3 is 10.1 Å². The number of anilines is 1. The molecule has 1 saturated heterocycles. The van der Waals surface area contributed by atoms with Crippen molar-refractivity contribution in [1.82, 2.24) is 20.2 Å². The van der Waals surface area contributed by atoms with Crippen molar-refractivity contribution >= 4 is 28.5 Å². The fraction of sp³-hybridized carbons (Fsp3) is 0.250. The maximum atomic E-state index is 13.5. The van der Waals surface area contributed by atoms with E-state index in [4.69, 9.17) is 4.74 Å². The molecule has 32 heavy (non-hydrogen) atoms. The smallest absolute Gasteiger partial charge is 0.137 e. The highest BCUT2D eigenvalue weighted by Crippen LogP contribution is 2.38. The number of halogens is 1. The molecule has 0 radical (unpaired) electrons. The van der Waals surface area contributed by atoms with Crippen LogP contribution in [0.5, 0.6) is 0 Å². The van der Waals surface area contributed by atoms with Crippen LogP contribution in [0.4, 0.5) is 10.2 Å². The monoisotopic (exact) mass is 447 g/mol. The van der Waals surface area contributed by atoms with Gasteiger partial charge in [0.25, 0.3) is 0 Å². The normalized spacial score (nSPS) is 14.8. The predicted molar refractivity (Wildman–Crippen MR) is 124 cm³/mol. The summed E-state index contributed by atoms with van der Waals surface area (Å²) in [5.41, 5.74) is 4.51. The lowest BCUT2D eigenvalue weighted by molar-refractivity contribution is 0.0455. The van der Waals surface area contributed by atoms with E-state index < -0.39 is 0 Å². The first kappa shape index (κ1) is 20.8. The minimum atomic E-state index is -0.255. The van der Waals surface area contributed by atoms with Gasteiger partial charge in [-0.1, -0.05) is 12.1 Å². The second kappa shape index (κ2) is 8.80. The first-order chi connectivity index (χ1) is 15.6. The van der Waals surface area contributed by atoms with Crippen LogP contribution in [0.2, 0.25) is 0 Å². The van der Waals surface area contributed by atoms with Crippen LogP contribution in [0, 0.1) is 12.7 Å². The molecule has 2 aromatic heterocycles. The van der Waals surface area contributed by atoms with E-state index in [1.807, 2.05) is 26.0 Å². The van der Waals surface area contributed by atoms with Crippen molar-refractivity contribution < 1.29 is 9.13 Å². The molecule has 1 fully saturated rings. The third-order valence-electron chi connectivity index (χ3n) is 5.40. The van der Waals surface area contributed by atoms with Crippen LogP contribution in [0.25, 0.3) is 22.0 Å². The fourth-order valence-electron chi connectivity index (χ4n) is 3.53. The Morgan fingerprint density at radius 1 is 1.03 bits per heavy atom. The molecule has 1 aliphatic rings. The molecule has 8 heteroatoms. The molecule has 4 aromatic rings. The SMILES string of the molecule is Cc1ccc(C(C)Nc2ncnc3c(SC4COC4)cc(-c4ccc(F)cc4)cc23)nn1. The van der Waals surface area contributed by atoms with E-state index in [2.05, 4.69) is 37.6 Å². The number of thioether (sulfide) groups is 1. The number of benzene rings is 2. The molecule has 2 aromatic carbocycles. The van der Waals surface area contributed by atoms with Gasteiger partial charge in [0.1, 0.15) is 18.0 Å². The van der Waals surface area contributed by atoms with Gasteiger partial charge in [0, 0.05) is 10.3 Å². The van der Waals surface area contributed by atoms with Gasteiger partial charge in [0.15, 0.2) is 0 Å². The molecule has 0 bridgehead atoms. The maximum Gasteiger partial charge on any atom is 0.137 e. The quantitative estimate of drug-likeness (QED) is 0.436. The lowest BCUT2D eigenvalue weighted by Gasteiger charge is -2.26. The Kier molecular flexibility index (Phi) is 5.71. The second-order valence-electron chi connectivity index (χ2n) is 7.84. The Morgan fingerprint density at radius 3 is 2.53 bits per heavy atom. The lowest BCUT2D eigenvalue weighted by Crippen LogP contribution is -2.30. The molecular weight excluding hydrogens is 425 g/mol. The number of rotatable bonds is 6. The van der Waals surface area contributed by atoms with E-state index in [1.54, 1.807) is 30.2 Å². The summed E-state index contributed by atoms with van der Waals surface area (Å²) >= 11 is 1.76. The molecule has 5 rings (SSSR count). The van der Waals surface area contributed by atoms with Crippen molar-refractivity contribution in [3.8, 4) is 11.1 Å². The average molecular weight is 448 g/mol. The van der Waals surface area contributed by atoms with E-state index >= 15 is 0 Å². The average Bonchev–Trinajstić information content (AvgIpc) is 2.77. The number of hydrogen-bond acceptors (Lipinski definition) is 7. The maximum absolute atomic E-state index is 13.5. The molecule has 1 N–H and O–H groups in total. The number of hydrogen-bond donors (Lipinski definition) is 1. The van der Waals surface area contributed by atoms with Crippen LogP contribution in [0.1, 0.15) is 24.4 Å². The molecule has 0 saturated carbocycles. The van der Waals surface area contributed by atoms with Gasteiger partial charge in [0.05, 0.1) is 41.4 Å². The summed E-state index contributed by atoms with van der Waals surface area (Å²) in [4.78, 5) is 10.2. The summed E-state index contributed by atoms with van der Waals surface area (Å²) in [5, 5.41) is 13.2. The van der Waals surface area contributed by atoms with Gasteiger partial charge in [-0.05, 0) is 61.4 Å². The minimum Gasteiger partial charge on any atom is -0.379 e. The van der Waals surface area contributed by atoms with Crippen molar-refractivity contribution in [3.63, 3.8) is 0 Å². The zero-order valence-corrected chi connectivity index (χ0v) is 18.6. The molecule has 1 aliphatic heterocycles. The van der Waals surface area contributed by atoms with Gasteiger partial charge in [-0.15, -0.1) is 11.8 Å². The molecule has 6 nitrogen and oxygen atoms in total. The van der Waals surface area contributed by atoms with Crippen LogP contribution >= 0.6 is 11.8 Å². The van der Waals surface area contributed by atoms with Crippen LogP contribution < -0.4 is 5.32 Å². The van der Waals surface area contributed by atoms with Gasteiger partial charge in [0.2, 0.25) is 0 Å². The fourth-order valence-corrected chi connectivity index (χ4v) is 4.69. The molecule has 3 heterocycles. The second-order valence-corrected chi connectivity index (χ2v) is 9.18. The molecule has 1 atom stereocenters. The van der Waals surface area contributed by atoms with Crippen molar-refractivity contribution in [1.29, 1.82) is 0 Å². The Labute approximate surface area is 189 Å². The van der Waals surface area contributed by atoms with E-state index in [0.717, 1.165) is 57.3 Å². The lowest BCUT2D eigenvalue weighted by atomic mass is 10.0. The van der Waals surface area contributed by atoms with Gasteiger partial charge in [-0.25, -0.2) is 14.4 Å². The van der Waals surface area contributed by atoms with Gasteiger partial charge in [-0.3, -0.25) is 0 Å². The standard InChI is InChI=1S/C24H22FN5OS/c1-14-3-8-21(30-29-14)15(2)28-24-20-9-17(16-4-6-18(25)7-5-16)10-22(23(20)26-13-27-24)32-19-11-31-12-19/h3-10,13,15,19H,11-12H2,1-2H3,(H,26,27,28). The summed E-state index contributed by atoms with van der Waals surface area (Å²) in [6.45, 7) is 5.40. The Balaban J connectivity index is 1.58. The zero-order chi connectivity index (χ0) is 22.1. The zero-order valence-electron chi connectivity index (χ0n) is 17.7. The first-order valence-electron chi connectivity index (χ1n) is 10.4. The molecule has 1 unspecified atom stereocenters. The highest BCUT2D eigenvalue weighted by atomic mass is 32.2. The summed E-state index contributed by atoms with van der Waals surface area (Å²) in [6, 6.07) is 14.5. The third kappa shape index (κ3) is 4.28.